The first kappa shape index (κ1) is 13.5. The molecule has 98 valence electrons. The molecule has 1 atom stereocenters. The first-order valence-corrected chi connectivity index (χ1v) is 6.71. The van der Waals surface area contributed by atoms with Crippen molar-refractivity contribution in [1.82, 2.24) is 10.2 Å². The van der Waals surface area contributed by atoms with Crippen molar-refractivity contribution >= 4 is 21.8 Å². The third-order valence-electron chi connectivity index (χ3n) is 3.20. The van der Waals surface area contributed by atoms with Crippen LogP contribution < -0.4 is 5.32 Å². The Morgan fingerprint density at radius 3 is 2.89 bits per heavy atom. The minimum Gasteiger partial charge on any atom is -0.339 e. The zero-order chi connectivity index (χ0) is 13.2. The molecule has 0 aromatic heterocycles. The molecule has 5 heteroatoms. The van der Waals surface area contributed by atoms with Crippen LogP contribution in [-0.4, -0.2) is 36.6 Å². The summed E-state index contributed by atoms with van der Waals surface area (Å²) >= 11 is 3.43. The van der Waals surface area contributed by atoms with E-state index < -0.39 is 11.6 Å². The number of carbonyl (C=O) groups is 1. The number of carbonyl (C=O) groups excluding carboxylic acids is 1. The molecule has 0 saturated carbocycles. The molecule has 1 aromatic carbocycles. The average Bonchev–Trinajstić information content (AvgIpc) is 2.79. The van der Waals surface area contributed by atoms with Crippen molar-refractivity contribution in [3.05, 3.63) is 34.3 Å². The molecule has 1 amide bonds. The SMILES string of the molecule is CN(Cc1ccccc1Br)C(=O)[C@]1(F)CCNC1. The Morgan fingerprint density at radius 2 is 2.28 bits per heavy atom. The monoisotopic (exact) mass is 314 g/mol. The van der Waals surface area contributed by atoms with Gasteiger partial charge in [0.2, 0.25) is 5.67 Å². The Bertz CT molecular complexity index is 446. The second-order valence-electron chi connectivity index (χ2n) is 4.64. The lowest BCUT2D eigenvalue weighted by molar-refractivity contribution is -0.142. The van der Waals surface area contributed by atoms with E-state index in [1.807, 2.05) is 24.3 Å². The van der Waals surface area contributed by atoms with E-state index in [-0.39, 0.29) is 13.0 Å². The smallest absolute Gasteiger partial charge is 0.261 e. The number of nitrogens with zero attached hydrogens (tertiary/aromatic N) is 1. The largest absolute Gasteiger partial charge is 0.339 e. The molecule has 1 saturated heterocycles. The van der Waals surface area contributed by atoms with Crippen molar-refractivity contribution in [3.8, 4) is 0 Å². The first-order valence-electron chi connectivity index (χ1n) is 5.91. The molecule has 0 radical (unpaired) electrons. The third-order valence-corrected chi connectivity index (χ3v) is 3.97. The summed E-state index contributed by atoms with van der Waals surface area (Å²) in [5, 5.41) is 2.89. The highest BCUT2D eigenvalue weighted by molar-refractivity contribution is 9.10. The first-order chi connectivity index (χ1) is 8.53. The number of halogens is 2. The van der Waals surface area contributed by atoms with E-state index in [2.05, 4.69) is 21.2 Å². The van der Waals surface area contributed by atoms with Gasteiger partial charge in [0.25, 0.3) is 5.91 Å². The molecule has 1 aliphatic rings. The molecule has 1 N–H and O–H groups in total. The predicted molar refractivity (Wildman–Crippen MR) is 71.9 cm³/mol. The lowest BCUT2D eigenvalue weighted by Crippen LogP contribution is -2.45. The highest BCUT2D eigenvalue weighted by Crippen LogP contribution is 2.24. The van der Waals surface area contributed by atoms with Gasteiger partial charge in [-0.05, 0) is 18.2 Å². The minimum absolute atomic E-state index is 0.117. The summed E-state index contributed by atoms with van der Waals surface area (Å²) in [6.07, 6.45) is 0.256. The summed E-state index contributed by atoms with van der Waals surface area (Å²) in [4.78, 5) is 13.5. The molecule has 1 aliphatic heterocycles. The molecule has 2 rings (SSSR count). The van der Waals surface area contributed by atoms with Gasteiger partial charge in [-0.15, -0.1) is 0 Å². The summed E-state index contributed by atoms with van der Waals surface area (Å²) in [5.41, 5.74) is -0.765. The molecule has 0 aliphatic carbocycles. The van der Waals surface area contributed by atoms with Crippen LogP contribution in [0.15, 0.2) is 28.7 Å². The number of alkyl halides is 1. The standard InChI is InChI=1S/C13H16BrFN2O/c1-17(8-10-4-2-3-5-11(10)14)12(18)13(15)6-7-16-9-13/h2-5,16H,6-9H2,1H3/t13-/m0/s1. The van der Waals surface area contributed by atoms with Gasteiger partial charge < -0.3 is 10.2 Å². The number of hydrogen-bond acceptors (Lipinski definition) is 2. The fourth-order valence-corrected chi connectivity index (χ4v) is 2.55. The van der Waals surface area contributed by atoms with Crippen LogP contribution in [0.5, 0.6) is 0 Å². The Balaban J connectivity index is 2.06. The molecule has 3 nitrogen and oxygen atoms in total. The van der Waals surface area contributed by atoms with E-state index >= 15 is 0 Å². The number of benzene rings is 1. The van der Waals surface area contributed by atoms with E-state index in [9.17, 15) is 9.18 Å². The molecular formula is C13H16BrFN2O. The summed E-state index contributed by atoms with van der Waals surface area (Å²) in [6.45, 7) is 1.09. The highest BCUT2D eigenvalue weighted by Gasteiger charge is 2.43. The molecular weight excluding hydrogens is 299 g/mol. The van der Waals surface area contributed by atoms with Crippen molar-refractivity contribution in [3.63, 3.8) is 0 Å². The van der Waals surface area contributed by atoms with Crippen molar-refractivity contribution in [2.45, 2.75) is 18.6 Å². The van der Waals surface area contributed by atoms with E-state index in [0.29, 0.717) is 13.1 Å². The van der Waals surface area contributed by atoms with E-state index in [0.717, 1.165) is 10.0 Å². The second-order valence-corrected chi connectivity index (χ2v) is 5.50. The van der Waals surface area contributed by atoms with E-state index in [1.165, 1.54) is 4.90 Å². The normalized spacial score (nSPS) is 23.1. The fraction of sp³-hybridized carbons (Fsp3) is 0.462. The van der Waals surface area contributed by atoms with E-state index in [1.54, 1.807) is 7.05 Å². The van der Waals surface area contributed by atoms with Gasteiger partial charge in [-0.2, -0.15) is 0 Å². The molecule has 1 aromatic rings. The van der Waals surface area contributed by atoms with E-state index in [4.69, 9.17) is 0 Å². The van der Waals surface area contributed by atoms with Gasteiger partial charge in [-0.3, -0.25) is 4.79 Å². The minimum atomic E-state index is -1.74. The van der Waals surface area contributed by atoms with Gasteiger partial charge in [-0.25, -0.2) is 4.39 Å². The quantitative estimate of drug-likeness (QED) is 0.926. The number of nitrogens with one attached hydrogen (secondary N) is 1. The maximum Gasteiger partial charge on any atom is 0.261 e. The Labute approximate surface area is 114 Å². The predicted octanol–water partition coefficient (Wildman–Crippen LogP) is 2.11. The van der Waals surface area contributed by atoms with Crippen LogP contribution >= 0.6 is 15.9 Å². The van der Waals surface area contributed by atoms with Crippen LogP contribution in [0.3, 0.4) is 0 Å². The number of hydrogen-bond donors (Lipinski definition) is 1. The molecule has 18 heavy (non-hydrogen) atoms. The zero-order valence-corrected chi connectivity index (χ0v) is 11.8. The maximum absolute atomic E-state index is 14.3. The molecule has 1 heterocycles. The maximum atomic E-state index is 14.3. The summed E-state index contributed by atoms with van der Waals surface area (Å²) in [5.74, 6) is -0.441. The molecule has 0 spiro atoms. The van der Waals surface area contributed by atoms with Gasteiger partial charge in [-0.1, -0.05) is 34.1 Å². The van der Waals surface area contributed by atoms with Crippen molar-refractivity contribution in [2.75, 3.05) is 20.1 Å². The van der Waals surface area contributed by atoms with Crippen LogP contribution in [0.1, 0.15) is 12.0 Å². The lowest BCUT2D eigenvalue weighted by atomic mass is 10.0. The molecule has 0 unspecified atom stereocenters. The molecule has 0 bridgehead atoms. The van der Waals surface area contributed by atoms with Crippen LogP contribution in [0.2, 0.25) is 0 Å². The van der Waals surface area contributed by atoms with Crippen LogP contribution in [0.4, 0.5) is 4.39 Å². The van der Waals surface area contributed by atoms with Crippen LogP contribution in [0.25, 0.3) is 0 Å². The Hall–Kier alpha value is -0.940. The van der Waals surface area contributed by atoms with Crippen LogP contribution in [-0.2, 0) is 11.3 Å². The summed E-state index contributed by atoms with van der Waals surface area (Å²) in [6, 6.07) is 7.65. The van der Waals surface area contributed by atoms with Crippen molar-refractivity contribution in [2.24, 2.45) is 0 Å². The van der Waals surface area contributed by atoms with Gasteiger partial charge >= 0.3 is 0 Å². The van der Waals surface area contributed by atoms with Gasteiger partial charge in [0.1, 0.15) is 0 Å². The highest BCUT2D eigenvalue weighted by atomic mass is 79.9. The summed E-state index contributed by atoms with van der Waals surface area (Å²) < 4.78 is 15.2. The summed E-state index contributed by atoms with van der Waals surface area (Å²) in [7, 11) is 1.64. The third kappa shape index (κ3) is 2.72. The van der Waals surface area contributed by atoms with Crippen molar-refractivity contribution in [1.29, 1.82) is 0 Å². The lowest BCUT2D eigenvalue weighted by Gasteiger charge is -2.25. The number of rotatable bonds is 3. The van der Waals surface area contributed by atoms with Gasteiger partial charge in [0.05, 0.1) is 0 Å². The fourth-order valence-electron chi connectivity index (χ4n) is 2.14. The Morgan fingerprint density at radius 1 is 1.56 bits per heavy atom. The van der Waals surface area contributed by atoms with Crippen molar-refractivity contribution < 1.29 is 9.18 Å². The molecule has 1 fully saturated rings. The zero-order valence-electron chi connectivity index (χ0n) is 10.2. The average molecular weight is 315 g/mol. The van der Waals surface area contributed by atoms with Gasteiger partial charge in [0, 0.05) is 31.0 Å². The Kier molecular flexibility index (Phi) is 4.02. The topological polar surface area (TPSA) is 32.3 Å². The number of amides is 1. The van der Waals surface area contributed by atoms with Crippen LogP contribution in [0, 0.1) is 0 Å². The second kappa shape index (κ2) is 5.36. The van der Waals surface area contributed by atoms with Gasteiger partial charge in [0.15, 0.2) is 0 Å².